The first-order valence-corrected chi connectivity index (χ1v) is 13.5. The van der Waals surface area contributed by atoms with Crippen molar-refractivity contribution in [3.8, 4) is 44.5 Å². The van der Waals surface area contributed by atoms with Gasteiger partial charge in [0.1, 0.15) is 11.2 Å². The molecule has 0 aliphatic heterocycles. The molecule has 1 aromatic heterocycles. The Labute approximate surface area is 295 Å². The summed E-state index contributed by atoms with van der Waals surface area (Å²) in [6, 6.07) is -13.0. The first-order chi connectivity index (χ1) is 32.3. The van der Waals surface area contributed by atoms with Gasteiger partial charge >= 0.3 is 0 Å². The highest BCUT2D eigenvalue weighted by atomic mass is 16.3. The zero-order valence-corrected chi connectivity index (χ0v) is 22.7. The molecule has 0 saturated carbocycles. The maximum absolute atomic E-state index is 9.56. The van der Waals surface area contributed by atoms with Crippen molar-refractivity contribution >= 4 is 43.5 Å². The molecule has 0 N–H and O–H groups in total. The monoisotopic (exact) mass is 596 g/mol. The molecule has 45 heavy (non-hydrogen) atoms. The lowest BCUT2D eigenvalue weighted by Crippen LogP contribution is -1.91. The lowest BCUT2D eigenvalue weighted by atomic mass is 9.85. The van der Waals surface area contributed by atoms with Crippen LogP contribution in [-0.2, 0) is 0 Å². The molecule has 0 unspecified atom stereocenters. The molecular weight excluding hydrogens is 544 g/mol. The van der Waals surface area contributed by atoms with Gasteiger partial charge in [-0.05, 0) is 84.2 Å². The number of hydrogen-bond acceptors (Lipinski definition) is 1. The first-order valence-electron chi connectivity index (χ1n) is 25.5. The van der Waals surface area contributed by atoms with Crippen LogP contribution in [0.3, 0.4) is 0 Å². The number of rotatable bonds is 4. The van der Waals surface area contributed by atoms with E-state index in [0.29, 0.717) is 0 Å². The molecule has 210 valence electrons. The van der Waals surface area contributed by atoms with Crippen LogP contribution in [0, 0.1) is 0 Å². The van der Waals surface area contributed by atoms with E-state index >= 15 is 0 Å². The molecule has 1 nitrogen and oxygen atoms in total. The van der Waals surface area contributed by atoms with Gasteiger partial charge in [0.25, 0.3) is 0 Å². The second-order valence-electron chi connectivity index (χ2n) is 9.84. The van der Waals surface area contributed by atoms with Crippen LogP contribution in [0.15, 0.2) is 174 Å². The Kier molecular flexibility index (Phi) is 2.58. The van der Waals surface area contributed by atoms with Gasteiger partial charge in [-0.15, -0.1) is 0 Å². The van der Waals surface area contributed by atoms with E-state index in [0.717, 1.165) is 0 Å². The Hall–Kier alpha value is -5.92. The van der Waals surface area contributed by atoms with E-state index in [4.69, 9.17) is 29.1 Å². The number of para-hydroxylation sites is 1. The quantitative estimate of drug-likeness (QED) is 0.184. The fourth-order valence-corrected chi connectivity index (χ4v) is 5.51. The third-order valence-electron chi connectivity index (χ3n) is 7.41. The minimum Gasteiger partial charge on any atom is -0.456 e. The lowest BCUT2D eigenvalue weighted by Gasteiger charge is -2.18. The zero-order chi connectivity index (χ0) is 50.6. The van der Waals surface area contributed by atoms with E-state index in [1.54, 1.807) is 0 Å². The Bertz CT molecular complexity index is 3770. The third kappa shape index (κ3) is 4.17. The molecule has 1 heteroatoms. The van der Waals surface area contributed by atoms with Crippen molar-refractivity contribution in [3.63, 3.8) is 0 Å². The van der Waals surface area contributed by atoms with Gasteiger partial charge in [0.05, 0.1) is 32.9 Å². The van der Waals surface area contributed by atoms with Crippen LogP contribution in [0.25, 0.3) is 88.0 Å². The summed E-state index contributed by atoms with van der Waals surface area (Å²) in [6.07, 6.45) is 0. The van der Waals surface area contributed by atoms with Crippen molar-refractivity contribution in [3.05, 3.63) is 169 Å². The minimum atomic E-state index is -0.955. The topological polar surface area (TPSA) is 13.1 Å². The second kappa shape index (κ2) is 10.4. The number of benzene rings is 8. The SMILES string of the molecule is [2H]c1c([2H])c([2H])c(-c2c([2H])c([2H])c([2H])c(-c3c4c([2H])c([2H])c([2H])c([2H])c4c(-c4ccc(-c5c([2H])c([2H])c([2H])c6oc7c([2H])c([2H])c([2H])c([2H])c7c56)cc4)c4c([2H])c([2H])c([2H])c([2H])c34)c2[2H])c([2H])c1[2H]. The Morgan fingerprint density at radius 2 is 0.844 bits per heavy atom. The molecule has 1 heterocycles. The normalized spacial score (nSPS) is 19.0. The van der Waals surface area contributed by atoms with Gasteiger partial charge in [0.2, 0.25) is 0 Å². The van der Waals surface area contributed by atoms with Crippen molar-refractivity contribution in [2.24, 2.45) is 0 Å². The van der Waals surface area contributed by atoms with Gasteiger partial charge in [-0.25, -0.2) is 0 Å². The van der Waals surface area contributed by atoms with Crippen molar-refractivity contribution in [2.75, 3.05) is 0 Å². The van der Waals surface area contributed by atoms with Gasteiger partial charge in [-0.3, -0.25) is 0 Å². The number of fused-ring (bicyclic) bond motifs is 5. The number of furan rings is 1. The van der Waals surface area contributed by atoms with E-state index in [1.165, 1.54) is 24.3 Å². The summed E-state index contributed by atoms with van der Waals surface area (Å²) in [4.78, 5) is 0. The van der Waals surface area contributed by atoms with Gasteiger partial charge in [0.15, 0.2) is 0 Å². The summed E-state index contributed by atoms with van der Waals surface area (Å²) < 4.78 is 217. The molecule has 0 amide bonds. The van der Waals surface area contributed by atoms with Crippen LogP contribution in [0.5, 0.6) is 0 Å². The van der Waals surface area contributed by atoms with Crippen LogP contribution < -0.4 is 0 Å². The van der Waals surface area contributed by atoms with E-state index < -0.39 is 189 Å². The largest absolute Gasteiger partial charge is 0.456 e. The molecule has 0 spiro atoms. The highest BCUT2D eigenvalue weighted by Crippen LogP contribution is 2.45. The Balaban J connectivity index is 1.46. The maximum Gasteiger partial charge on any atom is 0.136 e. The average Bonchev–Trinajstić information content (AvgIpc) is 3.73. The van der Waals surface area contributed by atoms with Crippen LogP contribution in [0.4, 0.5) is 0 Å². The standard InChI is InChI=1S/C44H28O/c1-2-12-29(13-3-1)32-14-10-15-33(28-32)43-37-18-6-4-16-35(37)42(36-17-5-7-19-38(36)43)31-26-24-30(25-27-31)34-21-11-23-41-44(34)39-20-8-9-22-40(39)45-41/h1-28H/i1D,2D,3D,4D,5D,6D,7D,8D,9D,10D,11D,12D,13D,14D,15D,16D,17D,18D,19D,20D,21D,22D,23D,28D. The smallest absolute Gasteiger partial charge is 0.136 e. The molecular formula is C44H28O. The van der Waals surface area contributed by atoms with Crippen LogP contribution in [-0.4, -0.2) is 0 Å². The van der Waals surface area contributed by atoms with E-state index in [9.17, 15) is 8.22 Å². The fourth-order valence-electron chi connectivity index (χ4n) is 5.51. The van der Waals surface area contributed by atoms with Crippen LogP contribution >= 0.6 is 0 Å². The van der Waals surface area contributed by atoms with Gasteiger partial charge in [-0.1, -0.05) is 151 Å². The molecule has 9 aromatic rings. The fraction of sp³-hybridized carbons (Fsp3) is 0. The van der Waals surface area contributed by atoms with Gasteiger partial charge in [0, 0.05) is 10.8 Å². The maximum atomic E-state index is 9.56. The predicted octanol–water partition coefficient (Wildman–Crippen LogP) is 12.6. The molecule has 0 radical (unpaired) electrons. The molecule has 0 atom stereocenters. The summed E-state index contributed by atoms with van der Waals surface area (Å²) in [5, 5.41) is -2.07. The molecule has 0 aliphatic rings. The molecule has 9 rings (SSSR count). The highest BCUT2D eigenvalue weighted by molar-refractivity contribution is 6.21. The average molecular weight is 597 g/mol. The van der Waals surface area contributed by atoms with Crippen LogP contribution in [0.2, 0.25) is 0 Å². The van der Waals surface area contributed by atoms with Gasteiger partial charge in [-0.2, -0.15) is 0 Å². The minimum absolute atomic E-state index is 0.0278. The molecule has 0 saturated heterocycles. The molecule has 0 aliphatic carbocycles. The molecule has 8 aromatic carbocycles. The van der Waals surface area contributed by atoms with Crippen molar-refractivity contribution in [1.82, 2.24) is 0 Å². The highest BCUT2D eigenvalue weighted by Gasteiger charge is 2.18. The Morgan fingerprint density at radius 3 is 1.53 bits per heavy atom. The lowest BCUT2D eigenvalue weighted by molar-refractivity contribution is 0.669. The zero-order valence-electron chi connectivity index (χ0n) is 46.7. The van der Waals surface area contributed by atoms with E-state index in [1.807, 2.05) is 0 Å². The summed E-state index contributed by atoms with van der Waals surface area (Å²) in [6.45, 7) is 0. The summed E-state index contributed by atoms with van der Waals surface area (Å²) in [5.41, 5.74) is -3.50. The van der Waals surface area contributed by atoms with Crippen molar-refractivity contribution in [2.45, 2.75) is 0 Å². The summed E-state index contributed by atoms with van der Waals surface area (Å²) >= 11 is 0. The molecule has 0 bridgehead atoms. The summed E-state index contributed by atoms with van der Waals surface area (Å²) in [7, 11) is 0. The van der Waals surface area contributed by atoms with Crippen LogP contribution in [0.1, 0.15) is 32.9 Å². The van der Waals surface area contributed by atoms with Crippen molar-refractivity contribution in [1.29, 1.82) is 0 Å². The second-order valence-corrected chi connectivity index (χ2v) is 9.84. The van der Waals surface area contributed by atoms with Crippen molar-refractivity contribution < 1.29 is 37.3 Å². The third-order valence-corrected chi connectivity index (χ3v) is 7.41. The molecule has 0 fully saturated rings. The summed E-state index contributed by atoms with van der Waals surface area (Å²) in [5.74, 6) is 0. The van der Waals surface area contributed by atoms with Gasteiger partial charge < -0.3 is 4.42 Å². The Morgan fingerprint density at radius 1 is 0.356 bits per heavy atom. The van der Waals surface area contributed by atoms with E-state index in [-0.39, 0.29) is 44.2 Å². The first kappa shape index (κ1) is 11.2. The van der Waals surface area contributed by atoms with E-state index in [2.05, 4.69) is 0 Å². The number of hydrogen-bond donors (Lipinski definition) is 0. The predicted molar refractivity (Wildman–Crippen MR) is 190 cm³/mol.